The van der Waals surface area contributed by atoms with Crippen LogP contribution in [0.4, 0.5) is 0 Å². The number of rotatable bonds is 27. The Hall–Kier alpha value is -4.54. The van der Waals surface area contributed by atoms with Gasteiger partial charge in [-0.15, -0.1) is 0 Å². The lowest BCUT2D eigenvalue weighted by atomic mass is 9.93. The smallest absolute Gasteiger partial charge is 0.302 e. The second-order valence-corrected chi connectivity index (χ2v) is 16.1. The van der Waals surface area contributed by atoms with E-state index in [-0.39, 0.29) is 54.3 Å². The molecule has 14 nitrogen and oxygen atoms in total. The number of fused-ring (bicyclic) bond motifs is 3. The summed E-state index contributed by atoms with van der Waals surface area (Å²) >= 11 is 0. The van der Waals surface area contributed by atoms with Crippen molar-refractivity contribution in [3.05, 3.63) is 82.7 Å². The van der Waals surface area contributed by atoms with Gasteiger partial charge in [0.15, 0.2) is 5.78 Å². The van der Waals surface area contributed by atoms with Gasteiger partial charge in [0.25, 0.3) is 0 Å². The first-order valence-electron chi connectivity index (χ1n) is 20.9. The van der Waals surface area contributed by atoms with Gasteiger partial charge in [-0.25, -0.2) is 13.1 Å². The maximum absolute atomic E-state index is 13.3. The third-order valence-electron chi connectivity index (χ3n) is 9.63. The number of amides is 1. The lowest BCUT2D eigenvalue weighted by Gasteiger charge is -2.14. The second-order valence-electron chi connectivity index (χ2n) is 14.4. The fourth-order valence-electron chi connectivity index (χ4n) is 6.69. The molecule has 3 aromatic rings. The van der Waals surface area contributed by atoms with Crippen molar-refractivity contribution >= 4 is 33.7 Å². The molecule has 1 atom stereocenters. The minimum absolute atomic E-state index is 0.0223. The first-order valence-corrected chi connectivity index (χ1v) is 22.4. The zero-order valence-electron chi connectivity index (χ0n) is 35.6. The summed E-state index contributed by atoms with van der Waals surface area (Å²) in [5.74, 6) is -0.795. The summed E-state index contributed by atoms with van der Waals surface area (Å²) in [4.78, 5) is 51.8. The number of pyridine rings is 1. The van der Waals surface area contributed by atoms with Crippen LogP contribution in [0, 0.1) is 0 Å². The van der Waals surface area contributed by atoms with E-state index in [4.69, 9.17) is 24.1 Å². The van der Waals surface area contributed by atoms with Gasteiger partial charge in [0.1, 0.15) is 11.5 Å². The van der Waals surface area contributed by atoms with Crippen LogP contribution >= 0.6 is 0 Å². The van der Waals surface area contributed by atoms with Crippen molar-refractivity contribution < 1.29 is 51.6 Å². The summed E-state index contributed by atoms with van der Waals surface area (Å²) in [7, 11) is -3.54. The molecule has 1 aromatic heterocycles. The van der Waals surface area contributed by atoms with Crippen LogP contribution in [0.3, 0.4) is 0 Å². The Morgan fingerprint density at radius 1 is 0.800 bits per heavy atom. The average Bonchev–Trinajstić information content (AvgIpc) is 3.54. The third-order valence-corrected chi connectivity index (χ3v) is 11.2. The molecule has 0 spiro atoms. The first-order chi connectivity index (χ1) is 28.9. The number of aromatic nitrogens is 1. The Kier molecular flexibility index (Phi) is 22.7. The number of aryl methyl sites for hydroxylation is 1. The maximum Gasteiger partial charge on any atom is 0.302 e. The number of Topliss-reactive ketones (excluding diaryl/α,β-unsaturated/α-hetero) is 1. The van der Waals surface area contributed by atoms with Crippen molar-refractivity contribution in [1.82, 2.24) is 15.0 Å². The highest BCUT2D eigenvalue weighted by Crippen LogP contribution is 2.47. The van der Waals surface area contributed by atoms with Gasteiger partial charge in [-0.2, -0.15) is 0 Å². The van der Waals surface area contributed by atoms with E-state index in [1.54, 1.807) is 13.0 Å². The molecule has 0 radical (unpaired) electrons. The lowest BCUT2D eigenvalue weighted by molar-refractivity contribution is -0.142. The Morgan fingerprint density at radius 3 is 2.28 bits per heavy atom. The average molecular weight is 854 g/mol. The SMILES string of the molecule is CCCCOCCNC(=O)CCCc1ccc2c(c1)C(COC(C)=O)c1cccc(C(=O)CCCOCCCCO)c1-2.CCNS(=O)(=O)c1cnccc1CCOC(C)=O. The third kappa shape index (κ3) is 16.8. The highest BCUT2D eigenvalue weighted by Gasteiger charge is 2.33. The second kappa shape index (κ2) is 27.3. The molecule has 1 aliphatic carbocycles. The number of nitrogens with zero attached hydrogens (tertiary/aromatic N) is 1. The van der Waals surface area contributed by atoms with Crippen LogP contribution in [-0.2, 0) is 56.2 Å². The van der Waals surface area contributed by atoms with Crippen LogP contribution in [-0.4, -0.2) is 101 Å². The van der Waals surface area contributed by atoms with Gasteiger partial charge in [0.2, 0.25) is 15.9 Å². The summed E-state index contributed by atoms with van der Waals surface area (Å²) in [6.07, 6.45) is 9.69. The van der Waals surface area contributed by atoms with Gasteiger partial charge in [-0.3, -0.25) is 24.2 Å². The van der Waals surface area contributed by atoms with Crippen molar-refractivity contribution in [1.29, 1.82) is 0 Å². The van der Waals surface area contributed by atoms with Gasteiger partial charge in [-0.05, 0) is 78.0 Å². The monoisotopic (exact) mass is 853 g/mol. The van der Waals surface area contributed by atoms with E-state index in [2.05, 4.69) is 40.1 Å². The van der Waals surface area contributed by atoms with Crippen molar-refractivity contribution in [2.24, 2.45) is 0 Å². The van der Waals surface area contributed by atoms with E-state index in [0.29, 0.717) is 76.1 Å². The molecular formula is C45H63N3O11S. The van der Waals surface area contributed by atoms with Gasteiger partial charge in [0.05, 0.1) is 13.2 Å². The van der Waals surface area contributed by atoms with Crippen LogP contribution < -0.4 is 10.0 Å². The number of esters is 2. The maximum atomic E-state index is 13.3. The molecule has 0 saturated carbocycles. The highest BCUT2D eigenvalue weighted by atomic mass is 32.2. The number of unbranched alkanes of at least 4 members (excludes halogenated alkanes) is 2. The van der Waals surface area contributed by atoms with Crippen LogP contribution in [0.15, 0.2) is 59.8 Å². The fourth-order valence-corrected chi connectivity index (χ4v) is 7.95. The van der Waals surface area contributed by atoms with Crippen LogP contribution in [0.2, 0.25) is 0 Å². The van der Waals surface area contributed by atoms with E-state index in [9.17, 15) is 27.6 Å². The van der Waals surface area contributed by atoms with E-state index in [0.717, 1.165) is 66.5 Å². The number of carbonyl (C=O) groups is 4. The molecule has 1 amide bonds. The minimum atomic E-state index is -3.54. The predicted octanol–water partition coefficient (Wildman–Crippen LogP) is 5.86. The normalized spacial score (nSPS) is 12.8. The van der Waals surface area contributed by atoms with Crippen LogP contribution in [0.1, 0.15) is 118 Å². The first kappa shape index (κ1) is 49.8. The molecule has 2 aromatic carbocycles. The summed E-state index contributed by atoms with van der Waals surface area (Å²) in [5.41, 5.74) is 6.33. The summed E-state index contributed by atoms with van der Waals surface area (Å²) in [6.45, 7) is 10.2. The molecule has 1 unspecified atom stereocenters. The number of hydrogen-bond acceptors (Lipinski definition) is 12. The Balaban J connectivity index is 0.000000445. The van der Waals surface area contributed by atoms with Crippen molar-refractivity contribution in [3.63, 3.8) is 0 Å². The lowest BCUT2D eigenvalue weighted by Crippen LogP contribution is -2.27. The van der Waals surface area contributed by atoms with Crippen LogP contribution in [0.5, 0.6) is 0 Å². The van der Waals surface area contributed by atoms with Crippen molar-refractivity contribution in [2.75, 3.05) is 59.3 Å². The molecule has 15 heteroatoms. The van der Waals surface area contributed by atoms with Crippen molar-refractivity contribution in [2.45, 2.75) is 103 Å². The zero-order valence-corrected chi connectivity index (χ0v) is 36.4. The molecule has 330 valence electrons. The number of benzene rings is 2. The van der Waals surface area contributed by atoms with Gasteiger partial charge in [-0.1, -0.05) is 56.7 Å². The standard InChI is InChI=1S/C34H47NO7.C11H16N2O4S/c1-3-4-19-41-22-17-35-33(39)14-7-10-26-15-16-28-30(23-26)31(24-42-25(2)37)27-11-8-12-29(34(27)28)32(38)13-9-21-40-20-6-5-18-36;1-3-13-18(15,16)11-8-12-6-4-10(11)5-7-17-9(2)14/h8,11-12,15-16,23,31,36H,3-7,9-10,13-14,17-22,24H2,1-2H3,(H,35,39);4,6,8,13H,3,5,7H2,1-2H3. The molecule has 4 rings (SSSR count). The van der Waals surface area contributed by atoms with Gasteiger partial charge < -0.3 is 29.4 Å². The predicted molar refractivity (Wildman–Crippen MR) is 228 cm³/mol. The highest BCUT2D eigenvalue weighted by molar-refractivity contribution is 7.89. The number of aliphatic hydroxyl groups is 1. The molecule has 60 heavy (non-hydrogen) atoms. The quantitative estimate of drug-likeness (QED) is 0.0471. The number of aliphatic hydroxyl groups excluding tert-OH is 1. The number of hydrogen-bond donors (Lipinski definition) is 3. The Labute approximate surface area is 355 Å². The number of ether oxygens (including phenoxy) is 4. The topological polar surface area (TPSA) is 197 Å². The van der Waals surface area contributed by atoms with Gasteiger partial charge in [0, 0.05) is 96.5 Å². The number of carbonyl (C=O) groups excluding carboxylic acids is 4. The molecule has 0 aliphatic heterocycles. The Morgan fingerprint density at radius 2 is 1.55 bits per heavy atom. The molecule has 3 N–H and O–H groups in total. The summed E-state index contributed by atoms with van der Waals surface area (Å²) < 4.78 is 47.5. The van der Waals surface area contributed by atoms with E-state index < -0.39 is 10.0 Å². The number of sulfonamides is 1. The summed E-state index contributed by atoms with van der Waals surface area (Å²) in [5, 5.41) is 11.8. The summed E-state index contributed by atoms with van der Waals surface area (Å²) in [6, 6.07) is 13.7. The van der Waals surface area contributed by atoms with Crippen LogP contribution in [0.25, 0.3) is 11.1 Å². The number of nitrogens with one attached hydrogen (secondary N) is 2. The molecule has 1 heterocycles. The molecular weight excluding hydrogens is 791 g/mol. The largest absolute Gasteiger partial charge is 0.466 e. The van der Waals surface area contributed by atoms with Crippen molar-refractivity contribution in [3.8, 4) is 11.1 Å². The van der Waals surface area contributed by atoms with E-state index >= 15 is 0 Å². The van der Waals surface area contributed by atoms with E-state index in [1.807, 2.05) is 18.2 Å². The van der Waals surface area contributed by atoms with E-state index in [1.165, 1.54) is 26.2 Å². The molecule has 1 aliphatic rings. The number of ketones is 1. The van der Waals surface area contributed by atoms with Gasteiger partial charge >= 0.3 is 11.9 Å². The molecule has 0 bridgehead atoms. The molecule has 0 saturated heterocycles. The minimum Gasteiger partial charge on any atom is -0.466 e. The zero-order chi connectivity index (χ0) is 43.8. The Bertz CT molecular complexity index is 1940. The molecule has 0 fully saturated rings. The fraction of sp³-hybridized carbons (Fsp3) is 0.533.